The lowest BCUT2D eigenvalue weighted by Gasteiger charge is -2.06. The maximum absolute atomic E-state index is 11.9. The fourth-order valence-corrected chi connectivity index (χ4v) is 3.40. The lowest BCUT2D eigenvalue weighted by molar-refractivity contribution is -0.114. The van der Waals surface area contributed by atoms with E-state index in [4.69, 9.17) is 0 Å². The number of carbonyl (C=O) groups excluding carboxylic acids is 1. The van der Waals surface area contributed by atoms with Gasteiger partial charge in [0.25, 0.3) is 10.0 Å². The Bertz CT molecular complexity index is 531. The highest BCUT2D eigenvalue weighted by molar-refractivity contribution is 9.09. The van der Waals surface area contributed by atoms with Gasteiger partial charge in [-0.2, -0.15) is 0 Å². The first-order valence-electron chi connectivity index (χ1n) is 5.60. The molecule has 19 heavy (non-hydrogen) atoms. The summed E-state index contributed by atoms with van der Waals surface area (Å²) in [5.41, 5.74) is 0. The van der Waals surface area contributed by atoms with Gasteiger partial charge in [-0.3, -0.25) is 4.79 Å². The predicted molar refractivity (Wildman–Crippen MR) is 77.0 cm³/mol. The Labute approximate surface area is 124 Å². The monoisotopic (exact) mass is 370 g/mol. The molecule has 0 aliphatic carbocycles. The molecule has 1 heterocycles. The van der Waals surface area contributed by atoms with E-state index in [9.17, 15) is 13.2 Å². The van der Waals surface area contributed by atoms with Crippen molar-refractivity contribution in [1.29, 1.82) is 0 Å². The van der Waals surface area contributed by atoms with Crippen LogP contribution in [0.1, 0.15) is 26.7 Å². The van der Waals surface area contributed by atoms with E-state index in [0.717, 1.165) is 17.8 Å². The Hall–Kier alpha value is -0.580. The average molecular weight is 371 g/mol. The normalized spacial score (nSPS) is 13.2. The number of halogens is 1. The molecule has 1 atom stereocenters. The molecule has 7 nitrogen and oxygen atoms in total. The molecule has 1 aromatic heterocycles. The van der Waals surface area contributed by atoms with Gasteiger partial charge in [0.2, 0.25) is 15.4 Å². The number of sulfonamides is 1. The molecule has 0 spiro atoms. The molecule has 0 aromatic carbocycles. The second kappa shape index (κ2) is 7.27. The second-order valence-corrected chi connectivity index (χ2v) is 7.96. The average Bonchev–Trinajstić information content (AvgIpc) is 2.76. The number of aromatic nitrogens is 2. The molecule has 1 amide bonds. The molecule has 108 valence electrons. The predicted octanol–water partition coefficient (Wildman–Crippen LogP) is 1.34. The Balaban J connectivity index is 2.62. The van der Waals surface area contributed by atoms with E-state index in [1.165, 1.54) is 6.92 Å². The number of nitrogens with zero attached hydrogens (tertiary/aromatic N) is 2. The summed E-state index contributed by atoms with van der Waals surface area (Å²) >= 11 is 4.24. The van der Waals surface area contributed by atoms with Crippen LogP contribution in [0.5, 0.6) is 0 Å². The van der Waals surface area contributed by atoms with Crippen molar-refractivity contribution in [1.82, 2.24) is 14.9 Å². The Morgan fingerprint density at radius 1 is 1.47 bits per heavy atom. The highest BCUT2D eigenvalue weighted by Crippen LogP contribution is 2.19. The van der Waals surface area contributed by atoms with Crippen LogP contribution in [-0.2, 0) is 14.8 Å². The maximum Gasteiger partial charge on any atom is 0.269 e. The number of hydrogen-bond acceptors (Lipinski definition) is 6. The standard InChI is InChI=1S/C9H15BrN4O3S2/c1-3-7(10)4-5-11-19(16,17)9-14-13-8(18-9)12-6(2)15/h7,11H,3-5H2,1-2H3,(H,12,13,15). The first-order valence-corrected chi connectivity index (χ1v) is 8.81. The van der Waals surface area contributed by atoms with Gasteiger partial charge in [0.15, 0.2) is 0 Å². The topological polar surface area (TPSA) is 101 Å². The molecule has 0 fully saturated rings. The van der Waals surface area contributed by atoms with E-state index in [1.54, 1.807) is 0 Å². The van der Waals surface area contributed by atoms with Crippen molar-refractivity contribution in [2.75, 3.05) is 11.9 Å². The van der Waals surface area contributed by atoms with Crippen LogP contribution in [0.2, 0.25) is 0 Å². The molecule has 0 aliphatic rings. The van der Waals surface area contributed by atoms with Gasteiger partial charge < -0.3 is 5.32 Å². The number of rotatable bonds is 7. The Morgan fingerprint density at radius 2 is 2.16 bits per heavy atom. The fourth-order valence-electron chi connectivity index (χ4n) is 1.14. The number of alkyl halides is 1. The Morgan fingerprint density at radius 3 is 2.74 bits per heavy atom. The van der Waals surface area contributed by atoms with Gasteiger partial charge in [0, 0.05) is 18.3 Å². The third-order valence-electron chi connectivity index (χ3n) is 2.11. The van der Waals surface area contributed by atoms with Crippen molar-refractivity contribution in [3.63, 3.8) is 0 Å². The van der Waals surface area contributed by atoms with Gasteiger partial charge in [-0.25, -0.2) is 13.1 Å². The van der Waals surface area contributed by atoms with Crippen LogP contribution >= 0.6 is 27.3 Å². The van der Waals surface area contributed by atoms with Crippen molar-refractivity contribution in [3.05, 3.63) is 0 Å². The van der Waals surface area contributed by atoms with Crippen molar-refractivity contribution >= 4 is 48.3 Å². The minimum absolute atomic E-state index is 0.154. The SMILES string of the molecule is CCC(Br)CCNS(=O)(=O)c1nnc(NC(C)=O)s1. The first-order chi connectivity index (χ1) is 8.85. The number of nitrogens with one attached hydrogen (secondary N) is 2. The zero-order chi connectivity index (χ0) is 14.5. The summed E-state index contributed by atoms with van der Waals surface area (Å²) in [6, 6.07) is 0. The van der Waals surface area contributed by atoms with Crippen LogP contribution in [0.15, 0.2) is 4.34 Å². The molecule has 0 saturated heterocycles. The van der Waals surface area contributed by atoms with E-state index in [-0.39, 0.29) is 20.2 Å². The summed E-state index contributed by atoms with van der Waals surface area (Å²) in [5.74, 6) is -0.321. The lowest BCUT2D eigenvalue weighted by Crippen LogP contribution is -2.26. The van der Waals surface area contributed by atoms with E-state index in [0.29, 0.717) is 13.0 Å². The van der Waals surface area contributed by atoms with Crippen LogP contribution < -0.4 is 10.0 Å². The summed E-state index contributed by atoms with van der Waals surface area (Å²) in [5, 5.41) is 9.69. The number of anilines is 1. The minimum atomic E-state index is -3.66. The first kappa shape index (κ1) is 16.5. The zero-order valence-electron chi connectivity index (χ0n) is 10.5. The summed E-state index contributed by atoms with van der Waals surface area (Å²) in [6.45, 7) is 3.65. The molecule has 1 aromatic rings. The number of amides is 1. The molecular weight excluding hydrogens is 356 g/mol. The van der Waals surface area contributed by atoms with Gasteiger partial charge in [0.1, 0.15) is 0 Å². The van der Waals surface area contributed by atoms with Crippen LogP contribution in [0, 0.1) is 0 Å². The molecule has 2 N–H and O–H groups in total. The van der Waals surface area contributed by atoms with Crippen molar-refractivity contribution in [2.24, 2.45) is 0 Å². The van der Waals surface area contributed by atoms with Crippen molar-refractivity contribution in [2.45, 2.75) is 35.9 Å². The Kier molecular flexibility index (Phi) is 6.30. The van der Waals surface area contributed by atoms with Crippen LogP contribution in [0.3, 0.4) is 0 Å². The molecule has 10 heteroatoms. The molecule has 0 aliphatic heterocycles. The van der Waals surface area contributed by atoms with Gasteiger partial charge in [-0.15, -0.1) is 10.2 Å². The molecule has 1 unspecified atom stereocenters. The quantitative estimate of drug-likeness (QED) is 0.556. The maximum atomic E-state index is 11.9. The molecular formula is C9H15BrN4O3S2. The zero-order valence-corrected chi connectivity index (χ0v) is 13.7. The van der Waals surface area contributed by atoms with Crippen molar-refractivity contribution in [3.8, 4) is 0 Å². The summed E-state index contributed by atoms with van der Waals surface area (Å²) in [4.78, 5) is 11.1. The summed E-state index contributed by atoms with van der Waals surface area (Å²) < 4.78 is 26.0. The molecule has 0 saturated carbocycles. The van der Waals surface area contributed by atoms with Gasteiger partial charge >= 0.3 is 0 Å². The van der Waals surface area contributed by atoms with Crippen LogP contribution in [-0.4, -0.2) is 35.9 Å². The highest BCUT2D eigenvalue weighted by atomic mass is 79.9. The van der Waals surface area contributed by atoms with Crippen molar-refractivity contribution < 1.29 is 13.2 Å². The third kappa shape index (κ3) is 5.51. The third-order valence-corrected chi connectivity index (χ3v) is 5.88. The number of carbonyl (C=O) groups is 1. The van der Waals surface area contributed by atoms with Gasteiger partial charge in [0.05, 0.1) is 0 Å². The molecule has 1 rings (SSSR count). The number of hydrogen-bond donors (Lipinski definition) is 2. The highest BCUT2D eigenvalue weighted by Gasteiger charge is 2.20. The van der Waals surface area contributed by atoms with Crippen LogP contribution in [0.25, 0.3) is 0 Å². The minimum Gasteiger partial charge on any atom is -0.301 e. The summed E-state index contributed by atoms with van der Waals surface area (Å²) in [6.07, 6.45) is 1.61. The van der Waals surface area contributed by atoms with Crippen LogP contribution in [0.4, 0.5) is 5.13 Å². The van der Waals surface area contributed by atoms with E-state index in [2.05, 4.69) is 36.2 Å². The largest absolute Gasteiger partial charge is 0.301 e. The lowest BCUT2D eigenvalue weighted by atomic mass is 10.2. The van der Waals surface area contributed by atoms with E-state index < -0.39 is 10.0 Å². The van der Waals surface area contributed by atoms with E-state index in [1.807, 2.05) is 6.92 Å². The summed E-state index contributed by atoms with van der Waals surface area (Å²) in [7, 11) is -3.66. The molecule has 0 radical (unpaired) electrons. The molecule has 0 bridgehead atoms. The second-order valence-electron chi connectivity index (χ2n) is 3.75. The fraction of sp³-hybridized carbons (Fsp3) is 0.667. The van der Waals surface area contributed by atoms with Gasteiger partial charge in [-0.1, -0.05) is 34.2 Å². The van der Waals surface area contributed by atoms with E-state index >= 15 is 0 Å². The van der Waals surface area contributed by atoms with Gasteiger partial charge in [-0.05, 0) is 12.8 Å². The smallest absolute Gasteiger partial charge is 0.269 e.